The van der Waals surface area contributed by atoms with E-state index in [1.165, 1.54) is 57.2 Å². The number of unbranched alkanes of at least 4 members (excludes halogenated alkanes) is 11. The number of carboxylic acids is 3. The number of hydrogen-bond acceptors (Lipinski definition) is 17. The standard InChI is InChI=1S/C48H84N4O16S.C4H9NO/c1-3-38(42(55)31-39(32-53)47(61)62)35-69-36-45(58)50-23-22-49-43(56)33-68-30-28-66-26-24-51-44(57)34-67-29-27-65-25-16-18-40(54)20-21-41(48(63)64)52-37(2)17-14-12-10-8-6-4-5-7-9-11-13-15-19-46(59)60;1-3(5)4(2)6/h38-39,41,52-53H,2-36H2,1H3,(H,49,56)(H,50,58)(H,51,57)(H,59,60)(H,61,62)(H,63,64);3H,5H2,1-2H3/t38-,39-,41-;3-/m00/s1. The summed E-state index contributed by atoms with van der Waals surface area (Å²) in [4.78, 5) is 104. The van der Waals surface area contributed by atoms with Gasteiger partial charge in [0, 0.05) is 69.3 Å². The minimum Gasteiger partial charge on any atom is -0.481 e. The predicted molar refractivity (Wildman–Crippen MR) is 285 cm³/mol. The molecule has 0 aromatic carbocycles. The van der Waals surface area contributed by atoms with E-state index in [-0.39, 0.29) is 145 Å². The van der Waals surface area contributed by atoms with Crippen LogP contribution in [0.5, 0.6) is 0 Å². The molecule has 22 nitrogen and oxygen atoms in total. The van der Waals surface area contributed by atoms with Gasteiger partial charge in [-0.3, -0.25) is 38.4 Å². The van der Waals surface area contributed by atoms with E-state index >= 15 is 0 Å². The van der Waals surface area contributed by atoms with Gasteiger partial charge < -0.3 is 66.4 Å². The molecule has 10 N–H and O–H groups in total. The summed E-state index contributed by atoms with van der Waals surface area (Å²) in [6.07, 6.45) is 15.4. The Morgan fingerprint density at radius 3 is 1.55 bits per heavy atom. The molecule has 0 saturated carbocycles. The number of ketones is 3. The average Bonchev–Trinajstić information content (AvgIpc) is 3.36. The van der Waals surface area contributed by atoms with Crippen molar-refractivity contribution in [3.63, 3.8) is 0 Å². The first-order valence-corrected chi connectivity index (χ1v) is 27.7. The van der Waals surface area contributed by atoms with Gasteiger partial charge in [0.05, 0.1) is 57.4 Å². The molecule has 0 aromatic rings. The van der Waals surface area contributed by atoms with Gasteiger partial charge in [-0.05, 0) is 52.4 Å². The van der Waals surface area contributed by atoms with Gasteiger partial charge in [0.15, 0.2) is 0 Å². The van der Waals surface area contributed by atoms with E-state index in [9.17, 15) is 48.3 Å². The number of aliphatic hydroxyl groups excluding tert-OH is 1. The third kappa shape index (κ3) is 48.8. The molecule has 0 radical (unpaired) electrons. The Bertz CT molecular complexity index is 1620. The predicted octanol–water partition coefficient (Wildman–Crippen LogP) is 3.97. The summed E-state index contributed by atoms with van der Waals surface area (Å²) in [5, 5.41) is 47.4. The van der Waals surface area contributed by atoms with Crippen molar-refractivity contribution < 1.29 is 82.5 Å². The fraction of sp³-hybridized carbons (Fsp3) is 0.788. The monoisotopic (exact) mass is 1090 g/mol. The fourth-order valence-electron chi connectivity index (χ4n) is 6.72. The molecular formula is C52H93N5O17S. The van der Waals surface area contributed by atoms with E-state index in [1.807, 2.05) is 0 Å². The summed E-state index contributed by atoms with van der Waals surface area (Å²) in [6, 6.07) is -1.16. The van der Waals surface area contributed by atoms with E-state index in [1.54, 1.807) is 13.8 Å². The lowest BCUT2D eigenvalue weighted by molar-refractivity contribution is -0.145. The molecule has 3 amide bonds. The van der Waals surface area contributed by atoms with Crippen molar-refractivity contribution in [3.05, 3.63) is 12.3 Å². The van der Waals surface area contributed by atoms with Crippen LogP contribution in [0.4, 0.5) is 0 Å². The number of carbonyl (C=O) groups excluding carboxylic acids is 6. The normalized spacial score (nSPS) is 12.5. The molecule has 0 unspecified atom stereocenters. The molecule has 0 aliphatic rings. The second kappa shape index (κ2) is 50.3. The van der Waals surface area contributed by atoms with Crippen molar-refractivity contribution >= 4 is 64.7 Å². The molecule has 0 rings (SSSR count). The van der Waals surface area contributed by atoms with Crippen molar-refractivity contribution in [2.24, 2.45) is 17.6 Å². The number of ether oxygens (including phenoxy) is 4. The van der Waals surface area contributed by atoms with Gasteiger partial charge in [0.25, 0.3) is 0 Å². The highest BCUT2D eigenvalue weighted by Gasteiger charge is 2.25. The number of carbonyl (C=O) groups is 9. The van der Waals surface area contributed by atoms with Crippen LogP contribution >= 0.6 is 11.8 Å². The van der Waals surface area contributed by atoms with Gasteiger partial charge in [-0.2, -0.15) is 11.8 Å². The Kier molecular flexibility index (Phi) is 48.7. The van der Waals surface area contributed by atoms with Gasteiger partial charge in [-0.25, -0.2) is 4.79 Å². The Hall–Kier alpha value is -4.52. The van der Waals surface area contributed by atoms with Crippen LogP contribution in [-0.4, -0.2) is 176 Å². The molecule has 434 valence electrons. The number of carboxylic acid groups (broad SMARTS) is 3. The Labute approximate surface area is 448 Å². The van der Waals surface area contributed by atoms with Gasteiger partial charge in [0.1, 0.15) is 36.6 Å². The Morgan fingerprint density at radius 2 is 1.07 bits per heavy atom. The van der Waals surface area contributed by atoms with Gasteiger partial charge in [-0.1, -0.05) is 77.7 Å². The Morgan fingerprint density at radius 1 is 0.587 bits per heavy atom. The zero-order valence-corrected chi connectivity index (χ0v) is 46.0. The zero-order valence-electron chi connectivity index (χ0n) is 45.1. The van der Waals surface area contributed by atoms with Crippen LogP contribution in [0.2, 0.25) is 0 Å². The van der Waals surface area contributed by atoms with Crippen LogP contribution < -0.4 is 27.0 Å². The fourth-order valence-corrected chi connectivity index (χ4v) is 7.83. The number of nitrogens with two attached hydrogens (primary N) is 1. The summed E-state index contributed by atoms with van der Waals surface area (Å²) in [5.74, 6) is -5.32. The van der Waals surface area contributed by atoms with E-state index in [0.717, 1.165) is 38.5 Å². The number of aliphatic hydroxyl groups is 1. The third-order valence-corrected chi connectivity index (χ3v) is 12.6. The summed E-state index contributed by atoms with van der Waals surface area (Å²) < 4.78 is 21.4. The van der Waals surface area contributed by atoms with E-state index < -0.39 is 42.4 Å². The molecule has 0 aliphatic heterocycles. The maximum absolute atomic E-state index is 12.4. The van der Waals surface area contributed by atoms with Crippen molar-refractivity contribution in [2.75, 3.05) is 90.6 Å². The molecule has 75 heavy (non-hydrogen) atoms. The Balaban J connectivity index is 0. The molecule has 0 bridgehead atoms. The van der Waals surface area contributed by atoms with Crippen molar-refractivity contribution in [1.82, 2.24) is 21.3 Å². The number of rotatable bonds is 52. The lowest BCUT2D eigenvalue weighted by Crippen LogP contribution is -2.37. The number of nitrogens with one attached hydrogen (secondary N) is 4. The van der Waals surface area contributed by atoms with Crippen LogP contribution in [0.15, 0.2) is 12.3 Å². The van der Waals surface area contributed by atoms with Crippen molar-refractivity contribution in [3.8, 4) is 0 Å². The molecular weight excluding hydrogens is 999 g/mol. The quantitative estimate of drug-likeness (QED) is 0.0389. The molecule has 0 saturated heterocycles. The van der Waals surface area contributed by atoms with Crippen LogP contribution in [0.3, 0.4) is 0 Å². The highest BCUT2D eigenvalue weighted by atomic mass is 32.2. The molecule has 23 heteroatoms. The molecule has 0 spiro atoms. The molecule has 0 fully saturated rings. The van der Waals surface area contributed by atoms with Crippen molar-refractivity contribution in [2.45, 2.75) is 161 Å². The summed E-state index contributed by atoms with van der Waals surface area (Å²) >= 11 is 1.25. The number of aliphatic carboxylic acids is 3. The first-order chi connectivity index (χ1) is 35.8. The van der Waals surface area contributed by atoms with Crippen LogP contribution in [0, 0.1) is 11.8 Å². The van der Waals surface area contributed by atoms with Gasteiger partial charge in [-0.15, -0.1) is 0 Å². The first kappa shape index (κ1) is 72.6. The lowest BCUT2D eigenvalue weighted by atomic mass is 9.94. The minimum absolute atomic E-state index is 0.0370. The maximum Gasteiger partial charge on any atom is 0.326 e. The van der Waals surface area contributed by atoms with Crippen LogP contribution in [0.25, 0.3) is 0 Å². The van der Waals surface area contributed by atoms with Crippen LogP contribution in [0.1, 0.15) is 149 Å². The van der Waals surface area contributed by atoms with Gasteiger partial charge in [0.2, 0.25) is 17.7 Å². The SMILES string of the molecule is C=C(CCCCCCCCCCCCCCC(=O)O)N[C@@H](CCC(=O)CCCOCCOCC(=O)NCCOCCOCC(=O)NCCNC(=O)CSC[C@H](CC)C(=O)C[C@@H](CO)C(=O)O)C(=O)O.CC(=O)[C@H](C)N. The zero-order chi connectivity index (χ0) is 56.5. The molecule has 0 heterocycles. The highest BCUT2D eigenvalue weighted by molar-refractivity contribution is 7.99. The number of Topliss-reactive ketones (excluding diaryl/α,β-unsaturated/α-hetero) is 3. The third-order valence-electron chi connectivity index (χ3n) is 11.5. The van der Waals surface area contributed by atoms with Crippen LogP contribution in [-0.2, 0) is 62.1 Å². The first-order valence-electron chi connectivity index (χ1n) is 26.6. The number of hydrogen-bond donors (Lipinski definition) is 9. The van der Waals surface area contributed by atoms with E-state index in [0.29, 0.717) is 37.3 Å². The van der Waals surface area contributed by atoms with Gasteiger partial charge >= 0.3 is 17.9 Å². The maximum atomic E-state index is 12.4. The molecule has 0 aromatic heterocycles. The molecule has 0 aliphatic carbocycles. The van der Waals surface area contributed by atoms with Crippen molar-refractivity contribution in [1.29, 1.82) is 0 Å². The lowest BCUT2D eigenvalue weighted by Gasteiger charge is -2.17. The summed E-state index contributed by atoms with van der Waals surface area (Å²) in [7, 11) is 0. The number of allylic oxidation sites excluding steroid dienone is 1. The highest BCUT2D eigenvalue weighted by Crippen LogP contribution is 2.18. The van der Waals surface area contributed by atoms with E-state index in [2.05, 4.69) is 27.8 Å². The average molecular weight is 1090 g/mol. The summed E-state index contributed by atoms with van der Waals surface area (Å²) in [6.45, 7) is 9.90. The number of amides is 3. The minimum atomic E-state index is -1.23. The van der Waals surface area contributed by atoms with E-state index in [4.69, 9.17) is 40.0 Å². The second-order valence-corrected chi connectivity index (χ2v) is 19.3. The topological polar surface area (TPSA) is 346 Å². The smallest absolute Gasteiger partial charge is 0.326 e. The second-order valence-electron chi connectivity index (χ2n) is 18.2. The summed E-state index contributed by atoms with van der Waals surface area (Å²) in [5.41, 5.74) is 5.75. The molecule has 4 atom stereocenters. The number of thioether (sulfide) groups is 1. The largest absolute Gasteiger partial charge is 0.481 e.